The number of nitrogens with one attached hydrogen (secondary N) is 2. The Balaban J connectivity index is 1.79. The van der Waals surface area contributed by atoms with Gasteiger partial charge in [0.1, 0.15) is 0 Å². The van der Waals surface area contributed by atoms with Crippen LogP contribution >= 0.6 is 0 Å². The maximum Gasteiger partial charge on any atom is 0.261 e. The van der Waals surface area contributed by atoms with E-state index in [2.05, 4.69) is 39.2 Å². The highest BCUT2D eigenvalue weighted by molar-refractivity contribution is 7.92. The number of anilines is 1. The minimum Gasteiger partial charge on any atom is -0.280 e. The van der Waals surface area contributed by atoms with Gasteiger partial charge in [0.15, 0.2) is 0 Å². The molecule has 0 amide bonds. The van der Waals surface area contributed by atoms with E-state index in [1.54, 1.807) is 36.4 Å². The van der Waals surface area contributed by atoms with Crippen molar-refractivity contribution < 1.29 is 8.42 Å². The van der Waals surface area contributed by atoms with E-state index in [1.165, 1.54) is 0 Å². The quantitative estimate of drug-likeness (QED) is 0.742. The summed E-state index contributed by atoms with van der Waals surface area (Å²) in [4.78, 5) is 0.231. The predicted octanol–water partition coefficient (Wildman–Crippen LogP) is 2.79. The molecule has 0 aliphatic rings. The number of aromatic nitrogens is 4. The first-order valence-corrected chi connectivity index (χ1v) is 8.91. The Morgan fingerprint density at radius 3 is 2.21 bits per heavy atom. The fourth-order valence-electron chi connectivity index (χ4n) is 2.22. The van der Waals surface area contributed by atoms with Crippen molar-refractivity contribution in [2.45, 2.75) is 24.7 Å². The molecule has 0 atom stereocenters. The van der Waals surface area contributed by atoms with Crippen LogP contribution in [0.2, 0.25) is 0 Å². The Morgan fingerprint density at radius 1 is 1.00 bits per heavy atom. The average molecular weight is 343 g/mol. The van der Waals surface area contributed by atoms with E-state index in [4.69, 9.17) is 0 Å². The van der Waals surface area contributed by atoms with Crippen LogP contribution in [0.5, 0.6) is 0 Å². The van der Waals surface area contributed by atoms with E-state index in [9.17, 15) is 8.42 Å². The molecule has 0 unspecified atom stereocenters. The first kappa shape index (κ1) is 16.1. The van der Waals surface area contributed by atoms with E-state index < -0.39 is 10.0 Å². The fraction of sp³-hybridized carbons (Fsp3) is 0.188. The monoisotopic (exact) mass is 343 g/mol. The third-order valence-electron chi connectivity index (χ3n) is 3.60. The van der Waals surface area contributed by atoms with Gasteiger partial charge >= 0.3 is 0 Å². The van der Waals surface area contributed by atoms with Crippen molar-refractivity contribution in [3.05, 3.63) is 54.1 Å². The van der Waals surface area contributed by atoms with Crippen molar-refractivity contribution in [2.24, 2.45) is 0 Å². The molecular formula is C16H17N5O2S. The summed E-state index contributed by atoms with van der Waals surface area (Å²) in [6.07, 6.45) is 0. The third kappa shape index (κ3) is 3.43. The van der Waals surface area contributed by atoms with Gasteiger partial charge in [0.05, 0.1) is 4.90 Å². The summed E-state index contributed by atoms with van der Waals surface area (Å²) in [6.45, 7) is 4.13. The van der Waals surface area contributed by atoms with Crippen LogP contribution in [0.25, 0.3) is 11.4 Å². The fourth-order valence-corrected chi connectivity index (χ4v) is 3.28. The average Bonchev–Trinajstić information content (AvgIpc) is 3.10. The van der Waals surface area contributed by atoms with Crippen LogP contribution in [-0.2, 0) is 10.0 Å². The highest BCUT2D eigenvalue weighted by atomic mass is 32.2. The summed E-state index contributed by atoms with van der Waals surface area (Å²) >= 11 is 0. The molecule has 2 N–H and O–H groups in total. The molecule has 24 heavy (non-hydrogen) atoms. The standard InChI is InChI=1S/C16H17N5O2S/c1-11(2)12-5-9-15(10-6-12)24(22,23)19-14-7-3-13(4-8-14)16-17-20-21-18-16/h3-11,19H,1-2H3,(H,17,18,20,21). The van der Waals surface area contributed by atoms with E-state index >= 15 is 0 Å². The molecule has 2 aromatic carbocycles. The van der Waals surface area contributed by atoms with Crippen molar-refractivity contribution in [1.82, 2.24) is 20.6 Å². The van der Waals surface area contributed by atoms with Crippen molar-refractivity contribution in [2.75, 3.05) is 4.72 Å². The molecule has 7 nitrogen and oxygen atoms in total. The number of hydrogen-bond donors (Lipinski definition) is 2. The lowest BCUT2D eigenvalue weighted by molar-refractivity contribution is 0.601. The molecular weight excluding hydrogens is 326 g/mol. The van der Waals surface area contributed by atoms with Crippen molar-refractivity contribution >= 4 is 15.7 Å². The van der Waals surface area contributed by atoms with E-state index in [-0.39, 0.29) is 4.90 Å². The van der Waals surface area contributed by atoms with Crippen LogP contribution in [0, 0.1) is 0 Å². The molecule has 1 aromatic heterocycles. The summed E-state index contributed by atoms with van der Waals surface area (Å²) < 4.78 is 27.5. The van der Waals surface area contributed by atoms with Gasteiger partial charge in [-0.2, -0.15) is 5.21 Å². The number of aromatic amines is 1. The van der Waals surface area contributed by atoms with Crippen LogP contribution < -0.4 is 4.72 Å². The van der Waals surface area contributed by atoms with E-state index in [0.717, 1.165) is 11.1 Å². The van der Waals surface area contributed by atoms with Crippen LogP contribution in [0.1, 0.15) is 25.3 Å². The normalized spacial score (nSPS) is 11.6. The first-order chi connectivity index (χ1) is 11.5. The number of sulfonamides is 1. The Kier molecular flexibility index (Phi) is 4.30. The number of hydrogen-bond acceptors (Lipinski definition) is 5. The molecule has 0 saturated heterocycles. The first-order valence-electron chi connectivity index (χ1n) is 7.42. The van der Waals surface area contributed by atoms with Crippen LogP contribution in [0.15, 0.2) is 53.4 Å². The zero-order chi connectivity index (χ0) is 17.2. The van der Waals surface area contributed by atoms with Gasteiger partial charge in [0.2, 0.25) is 5.82 Å². The van der Waals surface area contributed by atoms with Gasteiger partial charge < -0.3 is 0 Å². The zero-order valence-electron chi connectivity index (χ0n) is 13.3. The van der Waals surface area contributed by atoms with Crippen LogP contribution in [-0.4, -0.2) is 29.0 Å². The number of tetrazole rings is 1. The Labute approximate surface area is 140 Å². The molecule has 1 heterocycles. The van der Waals surface area contributed by atoms with Gasteiger partial charge in [-0.1, -0.05) is 26.0 Å². The second-order valence-corrected chi connectivity index (χ2v) is 7.32. The summed E-state index contributed by atoms with van der Waals surface area (Å²) in [5.41, 5.74) is 2.31. The lowest BCUT2D eigenvalue weighted by Gasteiger charge is -2.10. The van der Waals surface area contributed by atoms with Gasteiger partial charge in [-0.15, -0.1) is 10.2 Å². The highest BCUT2D eigenvalue weighted by Crippen LogP contribution is 2.21. The van der Waals surface area contributed by atoms with Crippen molar-refractivity contribution in [3.63, 3.8) is 0 Å². The Hall–Kier alpha value is -2.74. The topological polar surface area (TPSA) is 101 Å². The smallest absolute Gasteiger partial charge is 0.261 e. The number of H-pyrrole nitrogens is 1. The summed E-state index contributed by atoms with van der Waals surface area (Å²) in [6, 6.07) is 13.7. The number of nitrogens with zero attached hydrogens (tertiary/aromatic N) is 3. The zero-order valence-corrected chi connectivity index (χ0v) is 14.1. The Bertz CT molecular complexity index is 902. The molecule has 0 aliphatic heterocycles. The van der Waals surface area contributed by atoms with Gasteiger partial charge in [0.25, 0.3) is 10.0 Å². The highest BCUT2D eigenvalue weighted by Gasteiger charge is 2.14. The second kappa shape index (κ2) is 6.40. The lowest BCUT2D eigenvalue weighted by atomic mass is 10.0. The molecule has 0 spiro atoms. The summed E-state index contributed by atoms with van der Waals surface area (Å²) in [7, 11) is -3.62. The van der Waals surface area contributed by atoms with Gasteiger partial charge in [-0.3, -0.25) is 4.72 Å². The second-order valence-electron chi connectivity index (χ2n) is 5.64. The van der Waals surface area contributed by atoms with Crippen molar-refractivity contribution in [1.29, 1.82) is 0 Å². The van der Waals surface area contributed by atoms with Crippen molar-refractivity contribution in [3.8, 4) is 11.4 Å². The van der Waals surface area contributed by atoms with E-state index in [1.807, 2.05) is 12.1 Å². The molecule has 8 heteroatoms. The minimum atomic E-state index is -3.62. The third-order valence-corrected chi connectivity index (χ3v) is 4.99. The molecule has 0 fully saturated rings. The summed E-state index contributed by atoms with van der Waals surface area (Å²) in [5.74, 6) is 0.807. The molecule has 0 aliphatic carbocycles. The minimum absolute atomic E-state index is 0.231. The van der Waals surface area contributed by atoms with Gasteiger partial charge in [0, 0.05) is 11.3 Å². The maximum absolute atomic E-state index is 12.4. The van der Waals surface area contributed by atoms with Gasteiger partial charge in [-0.05, 0) is 53.1 Å². The molecule has 0 bridgehead atoms. The van der Waals surface area contributed by atoms with Gasteiger partial charge in [-0.25, -0.2) is 8.42 Å². The molecule has 3 rings (SSSR count). The largest absolute Gasteiger partial charge is 0.280 e. The number of rotatable bonds is 5. The molecule has 0 radical (unpaired) electrons. The molecule has 3 aromatic rings. The van der Waals surface area contributed by atoms with E-state index in [0.29, 0.717) is 17.4 Å². The molecule has 124 valence electrons. The molecule has 0 saturated carbocycles. The predicted molar refractivity (Wildman–Crippen MR) is 91.0 cm³/mol. The summed E-state index contributed by atoms with van der Waals surface area (Å²) in [5, 5.41) is 13.6. The lowest BCUT2D eigenvalue weighted by Crippen LogP contribution is -2.12. The maximum atomic E-state index is 12.4. The van der Waals surface area contributed by atoms with Crippen LogP contribution in [0.4, 0.5) is 5.69 Å². The SMILES string of the molecule is CC(C)c1ccc(S(=O)(=O)Nc2ccc(-c3nn[nH]n3)cc2)cc1. The number of benzene rings is 2. The van der Waals surface area contributed by atoms with Crippen LogP contribution in [0.3, 0.4) is 0 Å². The Morgan fingerprint density at radius 2 is 1.67 bits per heavy atom.